The highest BCUT2D eigenvalue weighted by Crippen LogP contribution is 2.36. The molecular formula is C24H24N4O2. The minimum Gasteiger partial charge on any atom is -0.397 e. The van der Waals surface area contributed by atoms with Crippen molar-refractivity contribution in [3.63, 3.8) is 0 Å². The quantitative estimate of drug-likeness (QED) is 0.687. The van der Waals surface area contributed by atoms with Gasteiger partial charge in [0.05, 0.1) is 22.8 Å². The van der Waals surface area contributed by atoms with Crippen LogP contribution in [0.4, 0.5) is 11.4 Å². The molecule has 2 aliphatic heterocycles. The van der Waals surface area contributed by atoms with E-state index in [1.165, 1.54) is 0 Å². The minimum atomic E-state index is -0.435. The normalized spacial score (nSPS) is 21.2. The lowest BCUT2D eigenvalue weighted by atomic mass is 9.87. The summed E-state index contributed by atoms with van der Waals surface area (Å²) in [6.07, 6.45) is 2.03. The molecule has 1 aromatic heterocycles. The average molecular weight is 400 g/mol. The number of fused-ring (bicyclic) bond motifs is 2. The van der Waals surface area contributed by atoms with E-state index < -0.39 is 5.92 Å². The first-order valence-corrected chi connectivity index (χ1v) is 10.4. The fourth-order valence-electron chi connectivity index (χ4n) is 4.73. The summed E-state index contributed by atoms with van der Waals surface area (Å²) in [5.74, 6) is -0.432. The van der Waals surface area contributed by atoms with Crippen molar-refractivity contribution in [1.29, 1.82) is 0 Å². The van der Waals surface area contributed by atoms with Gasteiger partial charge in [0.2, 0.25) is 11.8 Å². The molecule has 6 heteroatoms. The average Bonchev–Trinajstić information content (AvgIpc) is 2.77. The zero-order valence-electron chi connectivity index (χ0n) is 16.7. The van der Waals surface area contributed by atoms with Crippen LogP contribution < -0.4 is 11.1 Å². The molecule has 2 aliphatic rings. The number of pyridine rings is 1. The van der Waals surface area contributed by atoms with Crippen LogP contribution in [0.1, 0.15) is 42.4 Å². The SMILES string of the molecule is Nc1cc2ccccc2nc1[C@H]1CCCN(C(=O)[C@@H]2CC(=O)Nc3ccccc32)C1. The molecule has 0 unspecified atom stereocenters. The van der Waals surface area contributed by atoms with Crippen molar-refractivity contribution >= 4 is 34.1 Å². The number of carbonyl (C=O) groups excluding carboxylic acids is 2. The van der Waals surface area contributed by atoms with Crippen LogP contribution in [0.3, 0.4) is 0 Å². The molecule has 6 nitrogen and oxygen atoms in total. The molecule has 0 spiro atoms. The topological polar surface area (TPSA) is 88.3 Å². The van der Waals surface area contributed by atoms with Crippen molar-refractivity contribution < 1.29 is 9.59 Å². The standard InChI is InChI=1S/C24H24N4O2/c25-19-12-15-6-1-3-9-20(15)27-23(19)16-7-5-11-28(14-16)24(30)18-13-22(29)26-21-10-4-2-8-17(18)21/h1-4,6,8-10,12,16,18H,5,7,11,13-14,25H2,(H,26,29)/t16-,18+/m0/s1. The first-order valence-electron chi connectivity index (χ1n) is 10.4. The van der Waals surface area contributed by atoms with Crippen LogP contribution in [0.5, 0.6) is 0 Å². The van der Waals surface area contributed by atoms with E-state index in [0.29, 0.717) is 18.8 Å². The predicted octanol–water partition coefficient (Wildman–Crippen LogP) is 3.65. The molecule has 30 heavy (non-hydrogen) atoms. The van der Waals surface area contributed by atoms with Gasteiger partial charge in [0.25, 0.3) is 0 Å². The summed E-state index contributed by atoms with van der Waals surface area (Å²) >= 11 is 0. The molecule has 3 N–H and O–H groups in total. The molecule has 2 amide bonds. The number of anilines is 2. The smallest absolute Gasteiger partial charge is 0.230 e. The zero-order valence-corrected chi connectivity index (χ0v) is 16.7. The van der Waals surface area contributed by atoms with Gasteiger partial charge in [-0.05, 0) is 36.6 Å². The fraction of sp³-hybridized carbons (Fsp3) is 0.292. The van der Waals surface area contributed by atoms with Crippen LogP contribution in [0.15, 0.2) is 54.6 Å². The third-order valence-corrected chi connectivity index (χ3v) is 6.20. The number of hydrogen-bond donors (Lipinski definition) is 2. The molecule has 0 saturated carbocycles. The number of benzene rings is 2. The van der Waals surface area contributed by atoms with Gasteiger partial charge in [0.1, 0.15) is 0 Å². The zero-order chi connectivity index (χ0) is 20.7. The largest absolute Gasteiger partial charge is 0.397 e. The number of rotatable bonds is 2. The lowest BCUT2D eigenvalue weighted by Gasteiger charge is -2.36. The molecule has 5 rings (SSSR count). The number of aromatic nitrogens is 1. The molecular weight excluding hydrogens is 376 g/mol. The van der Waals surface area contributed by atoms with Crippen molar-refractivity contribution in [2.24, 2.45) is 0 Å². The molecule has 3 aromatic rings. The number of nitrogen functional groups attached to an aromatic ring is 1. The molecule has 0 radical (unpaired) electrons. The molecule has 0 bridgehead atoms. The number of nitrogens with two attached hydrogens (primary N) is 1. The Morgan fingerprint density at radius 1 is 1.13 bits per heavy atom. The summed E-state index contributed by atoms with van der Waals surface area (Å²) in [6.45, 7) is 1.28. The highest BCUT2D eigenvalue weighted by molar-refractivity contribution is 6.01. The summed E-state index contributed by atoms with van der Waals surface area (Å²) in [6, 6.07) is 17.5. The summed E-state index contributed by atoms with van der Waals surface area (Å²) < 4.78 is 0. The Balaban J connectivity index is 1.42. The minimum absolute atomic E-state index is 0.0151. The van der Waals surface area contributed by atoms with Gasteiger partial charge in [-0.1, -0.05) is 36.4 Å². The number of nitrogens with one attached hydrogen (secondary N) is 1. The number of hydrogen-bond acceptors (Lipinski definition) is 4. The number of likely N-dealkylation sites (tertiary alicyclic amines) is 1. The second kappa shape index (κ2) is 7.44. The van der Waals surface area contributed by atoms with Crippen LogP contribution in [0, 0.1) is 0 Å². The summed E-state index contributed by atoms with van der Waals surface area (Å²) in [5.41, 5.74) is 10.4. The summed E-state index contributed by atoms with van der Waals surface area (Å²) in [7, 11) is 0. The van der Waals surface area contributed by atoms with E-state index in [4.69, 9.17) is 10.7 Å². The van der Waals surface area contributed by atoms with Crippen LogP contribution in [0.25, 0.3) is 10.9 Å². The third-order valence-electron chi connectivity index (χ3n) is 6.20. The van der Waals surface area contributed by atoms with E-state index in [9.17, 15) is 9.59 Å². The van der Waals surface area contributed by atoms with Gasteiger partial charge in [-0.25, -0.2) is 0 Å². The number of piperidine rings is 1. The molecule has 0 aliphatic carbocycles. The monoisotopic (exact) mass is 400 g/mol. The first kappa shape index (κ1) is 18.6. The fourth-order valence-corrected chi connectivity index (χ4v) is 4.73. The van der Waals surface area contributed by atoms with E-state index in [0.717, 1.165) is 40.7 Å². The molecule has 1 fully saturated rings. The van der Waals surface area contributed by atoms with Crippen molar-refractivity contribution in [2.75, 3.05) is 24.1 Å². The number of nitrogens with zero attached hydrogens (tertiary/aromatic N) is 2. The van der Waals surface area contributed by atoms with Crippen LogP contribution in [0.2, 0.25) is 0 Å². The van der Waals surface area contributed by atoms with Crippen LogP contribution in [-0.4, -0.2) is 34.8 Å². The Labute approximate surface area is 175 Å². The Kier molecular flexibility index (Phi) is 4.62. The van der Waals surface area contributed by atoms with Crippen LogP contribution in [-0.2, 0) is 9.59 Å². The van der Waals surface area contributed by atoms with Gasteiger partial charge >= 0.3 is 0 Å². The summed E-state index contributed by atoms with van der Waals surface area (Å²) in [5, 5.41) is 3.89. The molecule has 3 heterocycles. The maximum atomic E-state index is 13.4. The number of para-hydroxylation sites is 2. The summed E-state index contributed by atoms with van der Waals surface area (Å²) in [4.78, 5) is 32.3. The Morgan fingerprint density at radius 2 is 1.93 bits per heavy atom. The maximum absolute atomic E-state index is 13.4. The van der Waals surface area contributed by atoms with Crippen molar-refractivity contribution in [1.82, 2.24) is 9.88 Å². The van der Waals surface area contributed by atoms with Crippen molar-refractivity contribution in [3.05, 3.63) is 65.9 Å². The molecule has 2 aromatic carbocycles. The first-order chi connectivity index (χ1) is 14.6. The van der Waals surface area contributed by atoms with Gasteiger partial charge in [-0.3, -0.25) is 14.6 Å². The van der Waals surface area contributed by atoms with Crippen LogP contribution >= 0.6 is 0 Å². The van der Waals surface area contributed by atoms with Gasteiger partial charge in [-0.15, -0.1) is 0 Å². The number of carbonyl (C=O) groups is 2. The lowest BCUT2D eigenvalue weighted by molar-refractivity contribution is -0.136. The highest BCUT2D eigenvalue weighted by atomic mass is 16.2. The van der Waals surface area contributed by atoms with E-state index >= 15 is 0 Å². The lowest BCUT2D eigenvalue weighted by Crippen LogP contribution is -2.43. The maximum Gasteiger partial charge on any atom is 0.230 e. The number of amides is 2. The third kappa shape index (κ3) is 3.28. The van der Waals surface area contributed by atoms with Gasteiger partial charge < -0.3 is 16.0 Å². The molecule has 2 atom stereocenters. The van der Waals surface area contributed by atoms with E-state index in [2.05, 4.69) is 5.32 Å². The molecule has 152 valence electrons. The van der Waals surface area contributed by atoms with Crippen molar-refractivity contribution in [3.8, 4) is 0 Å². The van der Waals surface area contributed by atoms with Gasteiger partial charge in [0, 0.05) is 36.5 Å². The Morgan fingerprint density at radius 3 is 2.83 bits per heavy atom. The Hall–Kier alpha value is -3.41. The van der Waals surface area contributed by atoms with Gasteiger partial charge in [0.15, 0.2) is 0 Å². The second-order valence-electron chi connectivity index (χ2n) is 8.17. The molecule has 1 saturated heterocycles. The van der Waals surface area contributed by atoms with Gasteiger partial charge in [-0.2, -0.15) is 0 Å². The van der Waals surface area contributed by atoms with Crippen molar-refractivity contribution in [2.45, 2.75) is 31.1 Å². The van der Waals surface area contributed by atoms with E-state index in [-0.39, 0.29) is 24.2 Å². The predicted molar refractivity (Wildman–Crippen MR) is 117 cm³/mol. The Bertz CT molecular complexity index is 1140. The highest BCUT2D eigenvalue weighted by Gasteiger charge is 2.36. The van der Waals surface area contributed by atoms with E-state index in [1.807, 2.05) is 59.5 Å². The van der Waals surface area contributed by atoms with E-state index in [1.54, 1.807) is 0 Å². The second-order valence-corrected chi connectivity index (χ2v) is 8.17.